The van der Waals surface area contributed by atoms with Gasteiger partial charge in [-0.05, 0) is 24.1 Å². The van der Waals surface area contributed by atoms with Crippen molar-refractivity contribution in [1.82, 2.24) is 14.9 Å². The molecule has 1 aromatic heterocycles. The van der Waals surface area contributed by atoms with E-state index in [0.717, 1.165) is 17.5 Å². The van der Waals surface area contributed by atoms with Crippen molar-refractivity contribution in [1.29, 1.82) is 0 Å². The van der Waals surface area contributed by atoms with Gasteiger partial charge in [0, 0.05) is 37.6 Å². The molecule has 0 spiro atoms. The minimum atomic E-state index is -0.869. The Kier molecular flexibility index (Phi) is 5.63. The first kappa shape index (κ1) is 18.8. The SMILES string of the molecule is CCC1CN(c2ncc(-c3ccc(OC)c(OC)c3)cn2)CCN1C(=O)O. The number of anilines is 1. The topological polar surface area (TPSA) is 88.0 Å². The highest BCUT2D eigenvalue weighted by Gasteiger charge is 2.30. The highest BCUT2D eigenvalue weighted by molar-refractivity contribution is 5.67. The zero-order chi connectivity index (χ0) is 19.4. The molecule has 1 aromatic carbocycles. The van der Waals surface area contributed by atoms with Crippen LogP contribution in [0, 0.1) is 0 Å². The molecule has 0 bridgehead atoms. The Morgan fingerprint density at radius 2 is 1.85 bits per heavy atom. The average Bonchev–Trinajstić information content (AvgIpc) is 2.72. The Morgan fingerprint density at radius 3 is 2.44 bits per heavy atom. The van der Waals surface area contributed by atoms with Crippen LogP contribution in [0.25, 0.3) is 11.1 Å². The number of carboxylic acid groups (broad SMARTS) is 1. The number of benzene rings is 1. The molecule has 0 aliphatic carbocycles. The van der Waals surface area contributed by atoms with E-state index in [1.807, 2.05) is 30.0 Å². The molecule has 1 atom stereocenters. The van der Waals surface area contributed by atoms with Crippen LogP contribution in [0.15, 0.2) is 30.6 Å². The van der Waals surface area contributed by atoms with Crippen LogP contribution in [0.5, 0.6) is 11.5 Å². The summed E-state index contributed by atoms with van der Waals surface area (Å²) in [5, 5.41) is 9.30. The first-order chi connectivity index (χ1) is 13.1. The van der Waals surface area contributed by atoms with Gasteiger partial charge < -0.3 is 24.4 Å². The maximum absolute atomic E-state index is 11.3. The molecule has 3 rings (SSSR count). The second kappa shape index (κ2) is 8.11. The van der Waals surface area contributed by atoms with E-state index in [0.29, 0.717) is 37.1 Å². The lowest BCUT2D eigenvalue weighted by Crippen LogP contribution is -2.55. The van der Waals surface area contributed by atoms with Crippen molar-refractivity contribution in [3.63, 3.8) is 0 Å². The van der Waals surface area contributed by atoms with E-state index < -0.39 is 6.09 Å². The number of methoxy groups -OCH3 is 2. The Balaban J connectivity index is 1.77. The predicted molar refractivity (Wildman–Crippen MR) is 102 cm³/mol. The van der Waals surface area contributed by atoms with Gasteiger partial charge in [0.2, 0.25) is 5.95 Å². The summed E-state index contributed by atoms with van der Waals surface area (Å²) in [4.78, 5) is 23.8. The zero-order valence-corrected chi connectivity index (χ0v) is 15.8. The minimum absolute atomic E-state index is 0.0506. The summed E-state index contributed by atoms with van der Waals surface area (Å²) in [6.07, 6.45) is 3.43. The third kappa shape index (κ3) is 3.89. The fourth-order valence-electron chi connectivity index (χ4n) is 3.29. The largest absolute Gasteiger partial charge is 0.493 e. The third-order valence-electron chi connectivity index (χ3n) is 4.84. The van der Waals surface area contributed by atoms with Crippen LogP contribution in [0.4, 0.5) is 10.7 Å². The molecular formula is C19H24N4O4. The normalized spacial score (nSPS) is 16.9. The molecule has 1 N–H and O–H groups in total. The van der Waals surface area contributed by atoms with E-state index in [1.165, 1.54) is 4.90 Å². The van der Waals surface area contributed by atoms with Gasteiger partial charge in [-0.15, -0.1) is 0 Å². The number of aromatic nitrogens is 2. The molecule has 1 aliphatic heterocycles. The number of amides is 1. The lowest BCUT2D eigenvalue weighted by atomic mass is 10.1. The molecule has 1 unspecified atom stereocenters. The molecular weight excluding hydrogens is 348 g/mol. The van der Waals surface area contributed by atoms with E-state index >= 15 is 0 Å². The fraction of sp³-hybridized carbons (Fsp3) is 0.421. The van der Waals surface area contributed by atoms with Crippen LogP contribution in [0.3, 0.4) is 0 Å². The maximum Gasteiger partial charge on any atom is 0.407 e. The lowest BCUT2D eigenvalue weighted by Gasteiger charge is -2.39. The number of nitrogens with zero attached hydrogens (tertiary/aromatic N) is 4. The highest BCUT2D eigenvalue weighted by atomic mass is 16.5. The van der Waals surface area contributed by atoms with E-state index in [1.54, 1.807) is 26.6 Å². The molecule has 1 saturated heterocycles. The Labute approximate surface area is 158 Å². The second-order valence-electron chi connectivity index (χ2n) is 6.33. The Bertz CT molecular complexity index is 797. The summed E-state index contributed by atoms with van der Waals surface area (Å²) in [7, 11) is 3.20. The first-order valence-corrected chi connectivity index (χ1v) is 8.86. The molecule has 0 radical (unpaired) electrons. The van der Waals surface area contributed by atoms with Gasteiger partial charge in [-0.1, -0.05) is 13.0 Å². The molecule has 0 saturated carbocycles. The van der Waals surface area contributed by atoms with E-state index in [4.69, 9.17) is 9.47 Å². The monoisotopic (exact) mass is 372 g/mol. The molecule has 144 valence electrons. The molecule has 2 aromatic rings. The van der Waals surface area contributed by atoms with Crippen LogP contribution in [0.1, 0.15) is 13.3 Å². The van der Waals surface area contributed by atoms with Gasteiger partial charge in [0.05, 0.1) is 20.3 Å². The highest BCUT2D eigenvalue weighted by Crippen LogP contribution is 2.32. The van der Waals surface area contributed by atoms with E-state index in [-0.39, 0.29) is 6.04 Å². The minimum Gasteiger partial charge on any atom is -0.493 e. The van der Waals surface area contributed by atoms with Crippen LogP contribution in [0.2, 0.25) is 0 Å². The summed E-state index contributed by atoms with van der Waals surface area (Å²) in [6.45, 7) is 3.62. The van der Waals surface area contributed by atoms with Crippen molar-refractivity contribution in [3.05, 3.63) is 30.6 Å². The third-order valence-corrected chi connectivity index (χ3v) is 4.84. The molecule has 1 amide bonds. The number of hydrogen-bond donors (Lipinski definition) is 1. The van der Waals surface area contributed by atoms with Crippen LogP contribution >= 0.6 is 0 Å². The first-order valence-electron chi connectivity index (χ1n) is 8.86. The molecule has 27 heavy (non-hydrogen) atoms. The van der Waals surface area contributed by atoms with Gasteiger partial charge in [-0.25, -0.2) is 14.8 Å². The summed E-state index contributed by atoms with van der Waals surface area (Å²) < 4.78 is 10.6. The summed E-state index contributed by atoms with van der Waals surface area (Å²) in [5.41, 5.74) is 1.80. The number of rotatable bonds is 5. The van der Waals surface area contributed by atoms with Gasteiger partial charge in [-0.3, -0.25) is 0 Å². The Hall–Kier alpha value is -3.03. The zero-order valence-electron chi connectivity index (χ0n) is 15.8. The predicted octanol–water partition coefficient (Wildman–Crippen LogP) is 2.74. The molecule has 1 fully saturated rings. The van der Waals surface area contributed by atoms with Crippen molar-refractivity contribution in [3.8, 4) is 22.6 Å². The average molecular weight is 372 g/mol. The van der Waals surface area contributed by atoms with Crippen molar-refractivity contribution < 1.29 is 19.4 Å². The molecule has 8 nitrogen and oxygen atoms in total. The summed E-state index contributed by atoms with van der Waals surface area (Å²) >= 11 is 0. The van der Waals surface area contributed by atoms with Gasteiger partial charge >= 0.3 is 6.09 Å². The summed E-state index contributed by atoms with van der Waals surface area (Å²) in [6, 6.07) is 5.61. The van der Waals surface area contributed by atoms with Crippen LogP contribution in [-0.4, -0.2) is 66.0 Å². The van der Waals surface area contributed by atoms with Crippen molar-refractivity contribution in [2.75, 3.05) is 38.8 Å². The van der Waals surface area contributed by atoms with E-state index in [2.05, 4.69) is 9.97 Å². The molecule has 1 aliphatic rings. The lowest BCUT2D eigenvalue weighted by molar-refractivity contribution is 0.116. The molecule has 8 heteroatoms. The van der Waals surface area contributed by atoms with Crippen molar-refractivity contribution >= 4 is 12.0 Å². The van der Waals surface area contributed by atoms with Crippen molar-refractivity contribution in [2.45, 2.75) is 19.4 Å². The van der Waals surface area contributed by atoms with Gasteiger partial charge in [0.15, 0.2) is 11.5 Å². The smallest absolute Gasteiger partial charge is 0.407 e. The molecule has 2 heterocycles. The van der Waals surface area contributed by atoms with Crippen LogP contribution in [-0.2, 0) is 0 Å². The number of carbonyl (C=O) groups is 1. The van der Waals surface area contributed by atoms with Gasteiger partial charge in [0.1, 0.15) is 0 Å². The fourth-order valence-corrected chi connectivity index (χ4v) is 3.29. The second-order valence-corrected chi connectivity index (χ2v) is 6.33. The van der Waals surface area contributed by atoms with Gasteiger partial charge in [-0.2, -0.15) is 0 Å². The van der Waals surface area contributed by atoms with Gasteiger partial charge in [0.25, 0.3) is 0 Å². The van der Waals surface area contributed by atoms with Crippen molar-refractivity contribution in [2.24, 2.45) is 0 Å². The summed E-state index contributed by atoms with van der Waals surface area (Å²) in [5.74, 6) is 1.93. The maximum atomic E-state index is 11.3. The van der Waals surface area contributed by atoms with E-state index in [9.17, 15) is 9.90 Å². The number of ether oxygens (including phenoxy) is 2. The number of hydrogen-bond acceptors (Lipinski definition) is 6. The van der Waals surface area contributed by atoms with Crippen LogP contribution < -0.4 is 14.4 Å². The Morgan fingerprint density at radius 1 is 1.15 bits per heavy atom. The quantitative estimate of drug-likeness (QED) is 0.863. The standard InChI is InChI=1S/C19H24N4O4/c1-4-15-12-22(7-8-23(15)19(24)25)18-20-10-14(11-21-18)13-5-6-16(26-2)17(9-13)27-3/h5-6,9-11,15H,4,7-8,12H2,1-3H3,(H,24,25). The number of piperazine rings is 1.